The summed E-state index contributed by atoms with van der Waals surface area (Å²) in [5, 5.41) is 15.6. The lowest BCUT2D eigenvalue weighted by molar-refractivity contribution is -0.385. The third kappa shape index (κ3) is 5.90. The molecule has 3 rings (SSSR count). The summed E-state index contributed by atoms with van der Waals surface area (Å²) in [6, 6.07) is 16.6. The van der Waals surface area contributed by atoms with Crippen LogP contribution in [0.4, 0.5) is 5.69 Å². The quantitative estimate of drug-likeness (QED) is 0.212. The summed E-state index contributed by atoms with van der Waals surface area (Å²) in [5.41, 5.74) is 3.45. The molecule has 7 nitrogen and oxygen atoms in total. The van der Waals surface area contributed by atoms with Gasteiger partial charge < -0.3 is 4.74 Å². The fourth-order valence-electron chi connectivity index (χ4n) is 2.61. The molecule has 0 radical (unpaired) electrons. The number of nitrogens with one attached hydrogen (secondary N) is 1. The molecule has 0 bridgehead atoms. The lowest BCUT2D eigenvalue weighted by Gasteiger charge is -2.12. The zero-order valence-electron chi connectivity index (χ0n) is 15.7. The van der Waals surface area contributed by atoms with Crippen LogP contribution in [0.15, 0.2) is 74.7 Å². The van der Waals surface area contributed by atoms with E-state index >= 15 is 0 Å². The van der Waals surface area contributed by atoms with Gasteiger partial charge in [0.1, 0.15) is 17.9 Å². The molecule has 0 spiro atoms. The average molecular weight is 568 g/mol. The number of ether oxygens (including phenoxy) is 1. The van der Waals surface area contributed by atoms with E-state index in [9.17, 15) is 14.9 Å². The number of rotatable bonds is 7. The number of carbonyl (C=O) groups is 1. The Bertz CT molecular complexity index is 1150. The van der Waals surface area contributed by atoms with Crippen molar-refractivity contribution in [3.63, 3.8) is 0 Å². The molecule has 0 saturated carbocycles. The van der Waals surface area contributed by atoms with Crippen LogP contribution in [0.2, 0.25) is 5.02 Å². The Balaban J connectivity index is 1.69. The third-order valence-electron chi connectivity index (χ3n) is 4.08. The van der Waals surface area contributed by atoms with E-state index in [2.05, 4.69) is 42.4 Å². The largest absolute Gasteiger partial charge is 0.486 e. The van der Waals surface area contributed by atoms with Crippen molar-refractivity contribution in [3.8, 4) is 5.75 Å². The maximum Gasteiger partial charge on any atom is 0.282 e. The maximum atomic E-state index is 12.2. The van der Waals surface area contributed by atoms with E-state index in [1.165, 1.54) is 24.4 Å². The van der Waals surface area contributed by atoms with Gasteiger partial charge in [0.05, 0.1) is 20.1 Å². The summed E-state index contributed by atoms with van der Waals surface area (Å²) in [7, 11) is 0. The second-order valence-corrected chi connectivity index (χ2v) is 8.28. The highest BCUT2D eigenvalue weighted by molar-refractivity contribution is 9.11. The van der Waals surface area contributed by atoms with Gasteiger partial charge in [0, 0.05) is 16.7 Å². The molecule has 0 aliphatic heterocycles. The van der Waals surface area contributed by atoms with Crippen LogP contribution in [0.25, 0.3) is 0 Å². The number of carbonyl (C=O) groups excluding carboxylic acids is 1. The number of nitro benzene ring substituents is 1. The number of para-hydroxylation sites is 1. The molecule has 10 heteroatoms. The molecule has 3 aromatic carbocycles. The summed E-state index contributed by atoms with van der Waals surface area (Å²) >= 11 is 13.1. The first kappa shape index (κ1) is 22.9. The van der Waals surface area contributed by atoms with Crippen LogP contribution in [0, 0.1) is 10.1 Å². The van der Waals surface area contributed by atoms with Crippen molar-refractivity contribution in [1.82, 2.24) is 5.43 Å². The van der Waals surface area contributed by atoms with E-state index in [1.54, 1.807) is 24.3 Å². The number of amides is 1. The van der Waals surface area contributed by atoms with Crippen molar-refractivity contribution >= 4 is 61.3 Å². The number of hydrazone groups is 1. The van der Waals surface area contributed by atoms with E-state index in [4.69, 9.17) is 16.3 Å². The molecule has 0 aliphatic carbocycles. The van der Waals surface area contributed by atoms with Crippen LogP contribution in [0.5, 0.6) is 5.75 Å². The number of benzene rings is 3. The fraction of sp³-hybridized carbons (Fsp3) is 0.0476. The molecular formula is C21H14Br2ClN3O4. The number of hydrogen-bond acceptors (Lipinski definition) is 5. The van der Waals surface area contributed by atoms with Gasteiger partial charge in [-0.05, 0) is 61.7 Å². The summed E-state index contributed by atoms with van der Waals surface area (Å²) in [6.45, 7) is 0.288. The van der Waals surface area contributed by atoms with Gasteiger partial charge in [-0.1, -0.05) is 41.9 Å². The molecule has 0 heterocycles. The van der Waals surface area contributed by atoms with Crippen molar-refractivity contribution in [2.75, 3.05) is 0 Å². The summed E-state index contributed by atoms with van der Waals surface area (Å²) in [4.78, 5) is 22.6. The minimum Gasteiger partial charge on any atom is -0.486 e. The van der Waals surface area contributed by atoms with Gasteiger partial charge >= 0.3 is 0 Å². The molecule has 0 aromatic heterocycles. The number of nitrogens with zero attached hydrogens (tertiary/aromatic N) is 2. The van der Waals surface area contributed by atoms with E-state index in [0.29, 0.717) is 25.3 Å². The first-order chi connectivity index (χ1) is 14.9. The zero-order chi connectivity index (χ0) is 22.4. The van der Waals surface area contributed by atoms with Gasteiger partial charge in [-0.15, -0.1) is 0 Å². The third-order valence-corrected chi connectivity index (χ3v) is 5.62. The Morgan fingerprint density at radius 1 is 1.13 bits per heavy atom. The Labute approximate surface area is 199 Å². The second-order valence-electron chi connectivity index (χ2n) is 6.17. The van der Waals surface area contributed by atoms with Crippen molar-refractivity contribution in [2.24, 2.45) is 5.10 Å². The molecule has 0 atom stereocenters. The van der Waals surface area contributed by atoms with Crippen molar-refractivity contribution < 1.29 is 14.5 Å². The topological polar surface area (TPSA) is 93.8 Å². The van der Waals surface area contributed by atoms with Crippen LogP contribution in [0.1, 0.15) is 21.5 Å². The van der Waals surface area contributed by atoms with Crippen molar-refractivity contribution in [3.05, 3.63) is 101 Å². The van der Waals surface area contributed by atoms with Crippen LogP contribution in [0.3, 0.4) is 0 Å². The molecule has 3 aromatic rings. The molecular weight excluding hydrogens is 554 g/mol. The number of nitro groups is 1. The summed E-state index contributed by atoms with van der Waals surface area (Å²) in [6.07, 6.45) is 1.42. The van der Waals surface area contributed by atoms with E-state index < -0.39 is 10.8 Å². The molecule has 1 amide bonds. The summed E-state index contributed by atoms with van der Waals surface area (Å²) in [5.74, 6) is -0.0950. The maximum absolute atomic E-state index is 12.2. The van der Waals surface area contributed by atoms with Gasteiger partial charge in [-0.3, -0.25) is 14.9 Å². The minimum atomic E-state index is -0.679. The van der Waals surface area contributed by atoms with Gasteiger partial charge in [0.15, 0.2) is 0 Å². The van der Waals surface area contributed by atoms with Crippen LogP contribution in [-0.2, 0) is 6.61 Å². The molecule has 0 aliphatic rings. The molecule has 31 heavy (non-hydrogen) atoms. The smallest absolute Gasteiger partial charge is 0.282 e. The van der Waals surface area contributed by atoms with E-state index in [-0.39, 0.29) is 17.9 Å². The highest BCUT2D eigenvalue weighted by Crippen LogP contribution is 2.35. The molecule has 1 N–H and O–H groups in total. The van der Waals surface area contributed by atoms with Gasteiger partial charge in [-0.2, -0.15) is 5.10 Å². The zero-order valence-corrected chi connectivity index (χ0v) is 19.6. The monoisotopic (exact) mass is 565 g/mol. The predicted molar refractivity (Wildman–Crippen MR) is 126 cm³/mol. The highest BCUT2D eigenvalue weighted by atomic mass is 79.9. The van der Waals surface area contributed by atoms with Gasteiger partial charge in [0.2, 0.25) is 0 Å². The van der Waals surface area contributed by atoms with Crippen LogP contribution in [-0.4, -0.2) is 17.0 Å². The minimum absolute atomic E-state index is 0.0738. The van der Waals surface area contributed by atoms with Crippen molar-refractivity contribution in [1.29, 1.82) is 0 Å². The Hall–Kier alpha value is -2.75. The molecule has 0 fully saturated rings. The first-order valence-corrected chi connectivity index (χ1v) is 10.8. The molecule has 0 saturated heterocycles. The van der Waals surface area contributed by atoms with Crippen LogP contribution >= 0.6 is 43.5 Å². The second kappa shape index (κ2) is 10.5. The SMILES string of the molecule is O=C(N/N=C\c1cc(Br)c(OCc2ccccc2Cl)c(Br)c1)c1ccccc1[N+](=O)[O-]. The first-order valence-electron chi connectivity index (χ1n) is 8.79. The standard InChI is InChI=1S/C21H14Br2ClN3O4/c22-16-9-13(10-17(23)20(16)31-12-14-5-1-3-7-18(14)24)11-25-26-21(28)15-6-2-4-8-19(15)27(29)30/h1-11H,12H2,(H,26,28)/b25-11-. The fourth-order valence-corrected chi connectivity index (χ4v) is 4.25. The van der Waals surface area contributed by atoms with Gasteiger partial charge in [0.25, 0.3) is 11.6 Å². The average Bonchev–Trinajstić information content (AvgIpc) is 2.74. The Kier molecular flexibility index (Phi) is 7.78. The molecule has 158 valence electrons. The lowest BCUT2D eigenvalue weighted by Crippen LogP contribution is -2.18. The number of hydrogen-bond donors (Lipinski definition) is 1. The van der Waals surface area contributed by atoms with E-state index in [1.807, 2.05) is 18.2 Å². The lowest BCUT2D eigenvalue weighted by atomic mass is 10.2. The predicted octanol–water partition coefficient (Wildman–Crippen LogP) is 6.12. The van der Waals surface area contributed by atoms with Crippen molar-refractivity contribution in [2.45, 2.75) is 6.61 Å². The molecule has 0 unspecified atom stereocenters. The van der Waals surface area contributed by atoms with E-state index in [0.717, 1.165) is 5.56 Å². The van der Waals surface area contributed by atoms with Gasteiger partial charge in [-0.25, -0.2) is 5.43 Å². The normalized spacial score (nSPS) is 10.8. The summed E-state index contributed by atoms with van der Waals surface area (Å²) < 4.78 is 7.20. The number of halogens is 3. The van der Waals surface area contributed by atoms with Crippen LogP contribution < -0.4 is 10.2 Å². The highest BCUT2D eigenvalue weighted by Gasteiger charge is 2.18. The Morgan fingerprint density at radius 2 is 1.77 bits per heavy atom. The Morgan fingerprint density at radius 3 is 2.45 bits per heavy atom.